The summed E-state index contributed by atoms with van der Waals surface area (Å²) in [4.78, 5) is 24.6. The Morgan fingerprint density at radius 2 is 2.20 bits per heavy atom. The van der Waals surface area contributed by atoms with Gasteiger partial charge < -0.3 is 9.64 Å². The van der Waals surface area contributed by atoms with Crippen molar-refractivity contribution in [2.45, 2.75) is 32.7 Å². The Kier molecular flexibility index (Phi) is 3.65. The van der Waals surface area contributed by atoms with Crippen molar-refractivity contribution in [1.82, 2.24) is 4.90 Å². The van der Waals surface area contributed by atoms with E-state index in [2.05, 4.69) is 0 Å². The van der Waals surface area contributed by atoms with Crippen molar-refractivity contribution < 1.29 is 14.5 Å². The van der Waals surface area contributed by atoms with Crippen LogP contribution in [0.3, 0.4) is 0 Å². The first-order valence-electron chi connectivity index (χ1n) is 6.60. The van der Waals surface area contributed by atoms with Crippen LogP contribution in [0.2, 0.25) is 0 Å². The molecule has 0 saturated carbocycles. The zero-order valence-corrected chi connectivity index (χ0v) is 11.9. The van der Waals surface area contributed by atoms with E-state index in [1.165, 1.54) is 12.1 Å². The van der Waals surface area contributed by atoms with Crippen LogP contribution in [0, 0.1) is 10.1 Å². The Balaban J connectivity index is 2.31. The van der Waals surface area contributed by atoms with E-state index >= 15 is 0 Å². The van der Waals surface area contributed by atoms with E-state index in [0.29, 0.717) is 18.7 Å². The maximum absolute atomic E-state index is 12.3. The fourth-order valence-electron chi connectivity index (χ4n) is 2.27. The minimum absolute atomic E-state index is 0.170. The fourth-order valence-corrected chi connectivity index (χ4v) is 2.27. The van der Waals surface area contributed by atoms with E-state index < -0.39 is 4.92 Å². The number of carbonyl (C=O) groups excluding carboxylic acids is 1. The average Bonchev–Trinajstić information content (AvgIpc) is 2.38. The topological polar surface area (TPSA) is 72.7 Å². The predicted molar refractivity (Wildman–Crippen MR) is 74.0 cm³/mol. The highest BCUT2D eigenvalue weighted by molar-refractivity contribution is 5.96. The summed E-state index contributed by atoms with van der Waals surface area (Å²) in [6, 6.07) is 4.36. The van der Waals surface area contributed by atoms with E-state index in [9.17, 15) is 14.9 Å². The van der Waals surface area contributed by atoms with Crippen molar-refractivity contribution in [2.75, 3.05) is 13.2 Å². The molecule has 6 nitrogen and oxygen atoms in total. The molecule has 108 valence electrons. The number of nitrogens with zero attached hydrogens (tertiary/aromatic N) is 2. The van der Waals surface area contributed by atoms with Gasteiger partial charge in [-0.15, -0.1) is 0 Å². The molecule has 0 spiro atoms. The third-order valence-electron chi connectivity index (χ3n) is 3.63. The Morgan fingerprint density at radius 3 is 2.65 bits per heavy atom. The molecule has 6 heteroatoms. The first-order chi connectivity index (χ1) is 9.36. The standard InChI is InChI=1S/C14H18N2O4/c1-4-20-12-6-5-10(9-11(12)16(18)19)13(17)15-8-7-14(15,2)3/h5-6,9H,4,7-8H2,1-3H3. The predicted octanol–water partition coefficient (Wildman–Crippen LogP) is 2.62. The molecule has 0 aromatic heterocycles. The molecule has 1 aliphatic rings. The third kappa shape index (κ3) is 2.45. The summed E-state index contributed by atoms with van der Waals surface area (Å²) in [7, 11) is 0. The summed E-state index contributed by atoms with van der Waals surface area (Å²) in [6.45, 7) is 6.75. The molecule has 2 rings (SSSR count). The second-order valence-electron chi connectivity index (χ2n) is 5.39. The van der Waals surface area contributed by atoms with Crippen molar-refractivity contribution in [3.63, 3.8) is 0 Å². The number of amides is 1. The lowest BCUT2D eigenvalue weighted by atomic mass is 9.88. The van der Waals surface area contributed by atoms with Gasteiger partial charge in [-0.2, -0.15) is 0 Å². The zero-order chi connectivity index (χ0) is 14.9. The Bertz CT molecular complexity index is 554. The van der Waals surface area contributed by atoms with Crippen LogP contribution >= 0.6 is 0 Å². The number of rotatable bonds is 4. The van der Waals surface area contributed by atoms with Gasteiger partial charge in [0.1, 0.15) is 0 Å². The summed E-state index contributed by atoms with van der Waals surface area (Å²) in [6.07, 6.45) is 0.942. The lowest BCUT2D eigenvalue weighted by Gasteiger charge is -2.48. The molecule has 1 aromatic carbocycles. The largest absolute Gasteiger partial charge is 0.487 e. The highest BCUT2D eigenvalue weighted by atomic mass is 16.6. The van der Waals surface area contributed by atoms with Gasteiger partial charge >= 0.3 is 5.69 Å². The molecule has 1 aromatic rings. The molecular weight excluding hydrogens is 260 g/mol. The van der Waals surface area contributed by atoms with Crippen LogP contribution < -0.4 is 4.74 Å². The number of hydrogen-bond acceptors (Lipinski definition) is 4. The summed E-state index contributed by atoms with van der Waals surface area (Å²) in [5, 5.41) is 11.1. The lowest BCUT2D eigenvalue weighted by molar-refractivity contribution is -0.385. The van der Waals surface area contributed by atoms with Crippen LogP contribution in [0.1, 0.15) is 37.6 Å². The van der Waals surface area contributed by atoms with E-state index in [4.69, 9.17) is 4.74 Å². The highest BCUT2D eigenvalue weighted by Gasteiger charge is 2.39. The minimum Gasteiger partial charge on any atom is -0.487 e. The number of hydrogen-bond donors (Lipinski definition) is 0. The molecule has 0 atom stereocenters. The number of likely N-dealkylation sites (tertiary alicyclic amines) is 1. The van der Waals surface area contributed by atoms with Gasteiger partial charge in [0.05, 0.1) is 11.5 Å². The van der Waals surface area contributed by atoms with Crippen LogP contribution in [0.4, 0.5) is 5.69 Å². The van der Waals surface area contributed by atoms with Gasteiger partial charge in [0.15, 0.2) is 5.75 Å². The van der Waals surface area contributed by atoms with E-state index in [1.54, 1.807) is 17.9 Å². The van der Waals surface area contributed by atoms with E-state index in [0.717, 1.165) is 6.42 Å². The van der Waals surface area contributed by atoms with Gasteiger partial charge in [0.2, 0.25) is 0 Å². The summed E-state index contributed by atoms with van der Waals surface area (Å²) >= 11 is 0. The van der Waals surface area contributed by atoms with Gasteiger partial charge in [-0.25, -0.2) is 0 Å². The molecule has 0 N–H and O–H groups in total. The van der Waals surface area contributed by atoms with Crippen LogP contribution in [0.5, 0.6) is 5.75 Å². The maximum Gasteiger partial charge on any atom is 0.311 e. The number of carbonyl (C=O) groups is 1. The lowest BCUT2D eigenvalue weighted by Crippen LogP contribution is -2.58. The number of nitro groups is 1. The highest BCUT2D eigenvalue weighted by Crippen LogP contribution is 2.33. The first kappa shape index (κ1) is 14.3. The Hall–Kier alpha value is -2.11. The molecule has 0 unspecified atom stereocenters. The van der Waals surface area contributed by atoms with E-state index in [-0.39, 0.29) is 22.9 Å². The Morgan fingerprint density at radius 1 is 1.50 bits per heavy atom. The molecule has 0 bridgehead atoms. The number of nitro benzene ring substituents is 1. The molecule has 0 aliphatic carbocycles. The summed E-state index contributed by atoms with van der Waals surface area (Å²) in [5.74, 6) is 0.0179. The SMILES string of the molecule is CCOc1ccc(C(=O)N2CCC2(C)C)cc1[N+](=O)[O-]. The number of ether oxygens (including phenoxy) is 1. The van der Waals surface area contributed by atoms with Crippen LogP contribution in [-0.4, -0.2) is 34.4 Å². The molecule has 1 fully saturated rings. The second-order valence-corrected chi connectivity index (χ2v) is 5.39. The van der Waals surface area contributed by atoms with Crippen molar-refractivity contribution in [2.24, 2.45) is 0 Å². The zero-order valence-electron chi connectivity index (χ0n) is 11.9. The van der Waals surface area contributed by atoms with Crippen LogP contribution in [0.25, 0.3) is 0 Å². The third-order valence-corrected chi connectivity index (χ3v) is 3.63. The fraction of sp³-hybridized carbons (Fsp3) is 0.500. The maximum atomic E-state index is 12.3. The van der Waals surface area contributed by atoms with Crippen LogP contribution in [0.15, 0.2) is 18.2 Å². The smallest absolute Gasteiger partial charge is 0.311 e. The summed E-state index contributed by atoms with van der Waals surface area (Å²) < 4.78 is 5.21. The first-order valence-corrected chi connectivity index (χ1v) is 6.60. The molecule has 20 heavy (non-hydrogen) atoms. The number of benzene rings is 1. The van der Waals surface area contributed by atoms with Gasteiger partial charge in [-0.3, -0.25) is 14.9 Å². The quantitative estimate of drug-likeness (QED) is 0.627. The summed E-state index contributed by atoms with van der Waals surface area (Å²) in [5.41, 5.74) is -0.0197. The molecule has 0 radical (unpaired) electrons. The van der Waals surface area contributed by atoms with Crippen molar-refractivity contribution in [1.29, 1.82) is 0 Å². The minimum atomic E-state index is -0.525. The molecule has 1 aliphatic heterocycles. The van der Waals surface area contributed by atoms with Gasteiger partial charge in [0.25, 0.3) is 5.91 Å². The Labute approximate surface area is 117 Å². The normalized spacial score (nSPS) is 16.4. The van der Waals surface area contributed by atoms with Gasteiger partial charge in [0, 0.05) is 23.7 Å². The second kappa shape index (κ2) is 5.11. The van der Waals surface area contributed by atoms with Gasteiger partial charge in [-0.1, -0.05) is 0 Å². The van der Waals surface area contributed by atoms with Crippen LogP contribution in [-0.2, 0) is 0 Å². The van der Waals surface area contributed by atoms with Crippen molar-refractivity contribution in [3.05, 3.63) is 33.9 Å². The van der Waals surface area contributed by atoms with E-state index in [1.807, 2.05) is 13.8 Å². The monoisotopic (exact) mass is 278 g/mol. The average molecular weight is 278 g/mol. The molecule has 1 heterocycles. The molecule has 1 amide bonds. The molecule has 1 saturated heterocycles. The molecular formula is C14H18N2O4. The van der Waals surface area contributed by atoms with Gasteiger partial charge in [-0.05, 0) is 39.3 Å². The van der Waals surface area contributed by atoms with Crippen molar-refractivity contribution in [3.8, 4) is 5.75 Å². The van der Waals surface area contributed by atoms with Crippen molar-refractivity contribution >= 4 is 11.6 Å².